The van der Waals surface area contributed by atoms with Crippen molar-refractivity contribution in [2.45, 2.75) is 19.0 Å². The maximum atomic E-state index is 11.3. The van der Waals surface area contributed by atoms with Crippen molar-refractivity contribution >= 4 is 23.8 Å². The van der Waals surface area contributed by atoms with E-state index in [4.69, 9.17) is 16.3 Å². The molecule has 1 aliphatic heterocycles. The van der Waals surface area contributed by atoms with Crippen LogP contribution in [0, 0.1) is 0 Å². The molecule has 0 fully saturated rings. The van der Waals surface area contributed by atoms with Crippen LogP contribution in [0.25, 0.3) is 0 Å². The summed E-state index contributed by atoms with van der Waals surface area (Å²) in [6.07, 6.45) is 3.20. The summed E-state index contributed by atoms with van der Waals surface area (Å²) in [4.78, 5) is 15.1. The second-order valence-electron chi connectivity index (χ2n) is 2.60. The maximum Gasteiger partial charge on any atom is 0.371 e. The molecule has 1 rings (SSSR count). The Balaban J connectivity index is 2.73. The van der Waals surface area contributed by atoms with Gasteiger partial charge in [0.05, 0.1) is 6.61 Å². The lowest BCUT2D eigenvalue weighted by Gasteiger charge is -2.25. The summed E-state index contributed by atoms with van der Waals surface area (Å²) in [6.45, 7) is 3.79. The second-order valence-corrected chi connectivity index (χ2v) is 3.14. The zero-order valence-corrected chi connectivity index (χ0v) is 8.26. The third-order valence-corrected chi connectivity index (χ3v) is 1.83. The van der Waals surface area contributed by atoms with Crippen LogP contribution in [0.2, 0.25) is 0 Å². The number of carbonyl (C=O) groups excluding carboxylic acids is 1. The molecule has 0 aromatic carbocycles. The normalized spacial score (nSPS) is 26.2. The van der Waals surface area contributed by atoms with Gasteiger partial charge in [0.15, 0.2) is 0 Å². The Morgan fingerprint density at radius 1 is 1.85 bits per heavy atom. The van der Waals surface area contributed by atoms with Gasteiger partial charge in [-0.15, -0.1) is 0 Å². The summed E-state index contributed by atoms with van der Waals surface area (Å²) in [5.74, 6) is -0.583. The largest absolute Gasteiger partial charge is 0.462 e. The molecule has 1 N–H and O–H groups in total. The Hall–Kier alpha value is -1.03. The minimum Gasteiger partial charge on any atom is -0.462 e. The SMILES string of the molecule is CCOC(=O)C1(Cl)N=CC=C(C)N1. The minimum atomic E-state index is -1.48. The fraction of sp³-hybridized carbons (Fsp3) is 0.500. The Bertz CT molecular complexity index is 275. The standard InChI is InChI=1S/C8H11ClN2O2/c1-3-13-7(12)8(9)10-5-4-6(2)11-8/h4-5,11H,3H2,1-2H3. The highest BCUT2D eigenvalue weighted by Gasteiger charge is 2.38. The first-order valence-corrected chi connectivity index (χ1v) is 4.32. The van der Waals surface area contributed by atoms with Crippen molar-refractivity contribution in [1.29, 1.82) is 0 Å². The molecule has 1 atom stereocenters. The van der Waals surface area contributed by atoms with E-state index in [-0.39, 0.29) is 6.61 Å². The smallest absolute Gasteiger partial charge is 0.371 e. The van der Waals surface area contributed by atoms with E-state index in [1.165, 1.54) is 6.21 Å². The van der Waals surface area contributed by atoms with Gasteiger partial charge in [-0.2, -0.15) is 0 Å². The zero-order chi connectivity index (χ0) is 9.90. The van der Waals surface area contributed by atoms with Crippen molar-refractivity contribution in [3.63, 3.8) is 0 Å². The highest BCUT2D eigenvalue weighted by atomic mass is 35.5. The average Bonchev–Trinajstić information content (AvgIpc) is 2.04. The van der Waals surface area contributed by atoms with Gasteiger partial charge in [0.25, 0.3) is 0 Å². The molecule has 0 aromatic rings. The maximum absolute atomic E-state index is 11.3. The number of esters is 1. The van der Waals surface area contributed by atoms with Crippen molar-refractivity contribution in [2.24, 2.45) is 4.99 Å². The predicted octanol–water partition coefficient (Wildman–Crippen LogP) is 1.02. The lowest BCUT2D eigenvalue weighted by molar-refractivity contribution is -0.147. The molecule has 0 amide bonds. The van der Waals surface area contributed by atoms with E-state index in [0.717, 1.165) is 5.70 Å². The van der Waals surface area contributed by atoms with Crippen molar-refractivity contribution in [1.82, 2.24) is 5.32 Å². The van der Waals surface area contributed by atoms with Crippen molar-refractivity contribution in [2.75, 3.05) is 6.61 Å². The van der Waals surface area contributed by atoms with Gasteiger partial charge in [-0.1, -0.05) is 11.6 Å². The summed E-state index contributed by atoms with van der Waals surface area (Å²) in [5.41, 5.74) is 0.776. The van der Waals surface area contributed by atoms with Gasteiger partial charge >= 0.3 is 11.1 Å². The number of alkyl halides is 1. The zero-order valence-electron chi connectivity index (χ0n) is 7.50. The number of hydrogen-bond donors (Lipinski definition) is 1. The first-order chi connectivity index (χ1) is 6.08. The van der Waals surface area contributed by atoms with Crippen LogP contribution in [0.4, 0.5) is 0 Å². The molecular weight excluding hydrogens is 192 g/mol. The second kappa shape index (κ2) is 3.79. The van der Waals surface area contributed by atoms with Crippen molar-refractivity contribution < 1.29 is 9.53 Å². The lowest BCUT2D eigenvalue weighted by atomic mass is 10.3. The van der Waals surface area contributed by atoms with Crippen LogP contribution in [0.5, 0.6) is 0 Å². The van der Waals surface area contributed by atoms with E-state index < -0.39 is 11.1 Å². The summed E-state index contributed by atoms with van der Waals surface area (Å²) in [5, 5.41) is 1.25. The Labute approximate surface area is 81.6 Å². The summed E-state index contributed by atoms with van der Waals surface area (Å²) in [7, 11) is 0. The molecule has 0 radical (unpaired) electrons. The van der Waals surface area contributed by atoms with E-state index in [1.807, 2.05) is 0 Å². The van der Waals surface area contributed by atoms with Crippen molar-refractivity contribution in [3.05, 3.63) is 11.8 Å². The topological polar surface area (TPSA) is 50.7 Å². The van der Waals surface area contributed by atoms with Crippen LogP contribution < -0.4 is 5.32 Å². The van der Waals surface area contributed by atoms with Crippen LogP contribution in [-0.2, 0) is 9.53 Å². The number of rotatable bonds is 2. The summed E-state index contributed by atoms with van der Waals surface area (Å²) >= 11 is 5.87. The third-order valence-electron chi connectivity index (χ3n) is 1.49. The Morgan fingerprint density at radius 3 is 3.08 bits per heavy atom. The molecule has 0 aromatic heterocycles. The summed E-state index contributed by atoms with van der Waals surface area (Å²) in [6, 6.07) is 0. The number of carbonyl (C=O) groups is 1. The number of aliphatic imine (C=N–C) groups is 1. The number of allylic oxidation sites excluding steroid dienone is 2. The van der Waals surface area contributed by atoms with Gasteiger partial charge < -0.3 is 10.1 Å². The molecule has 1 unspecified atom stereocenters. The van der Waals surface area contributed by atoms with Gasteiger partial charge in [-0.05, 0) is 19.9 Å². The molecule has 1 heterocycles. The van der Waals surface area contributed by atoms with Crippen LogP contribution in [0.1, 0.15) is 13.8 Å². The van der Waals surface area contributed by atoms with E-state index >= 15 is 0 Å². The van der Waals surface area contributed by atoms with E-state index in [0.29, 0.717) is 0 Å². The van der Waals surface area contributed by atoms with E-state index in [2.05, 4.69) is 10.3 Å². The molecule has 72 valence electrons. The molecular formula is C8H11ClN2O2. The predicted molar refractivity (Wildman–Crippen MR) is 50.6 cm³/mol. The molecule has 0 spiro atoms. The molecule has 13 heavy (non-hydrogen) atoms. The number of hydrogen-bond acceptors (Lipinski definition) is 4. The van der Waals surface area contributed by atoms with E-state index in [1.54, 1.807) is 19.9 Å². The van der Waals surface area contributed by atoms with Crippen LogP contribution >= 0.6 is 11.6 Å². The molecule has 1 aliphatic rings. The fourth-order valence-electron chi connectivity index (χ4n) is 0.917. The van der Waals surface area contributed by atoms with Gasteiger partial charge in [-0.3, -0.25) is 0 Å². The monoisotopic (exact) mass is 202 g/mol. The molecule has 5 heteroatoms. The molecule has 0 bridgehead atoms. The molecule has 0 saturated carbocycles. The number of halogens is 1. The average molecular weight is 203 g/mol. The highest BCUT2D eigenvalue weighted by molar-refractivity contribution is 6.34. The molecule has 0 aliphatic carbocycles. The lowest BCUT2D eigenvalue weighted by Crippen LogP contribution is -2.47. The highest BCUT2D eigenvalue weighted by Crippen LogP contribution is 2.19. The first kappa shape index (κ1) is 10.1. The first-order valence-electron chi connectivity index (χ1n) is 3.95. The number of ether oxygens (including phenoxy) is 1. The Kier molecular flexibility index (Phi) is 2.93. The van der Waals surface area contributed by atoms with Crippen LogP contribution in [0.3, 0.4) is 0 Å². The van der Waals surface area contributed by atoms with Crippen molar-refractivity contribution in [3.8, 4) is 0 Å². The number of nitrogens with zero attached hydrogens (tertiary/aromatic N) is 1. The van der Waals surface area contributed by atoms with E-state index in [9.17, 15) is 4.79 Å². The quantitative estimate of drug-likeness (QED) is 0.413. The van der Waals surface area contributed by atoms with Gasteiger partial charge in [0.2, 0.25) is 0 Å². The van der Waals surface area contributed by atoms with Gasteiger partial charge in [0, 0.05) is 11.9 Å². The van der Waals surface area contributed by atoms with Gasteiger partial charge in [0.1, 0.15) is 0 Å². The van der Waals surface area contributed by atoms with Crippen LogP contribution in [-0.4, -0.2) is 23.9 Å². The molecule has 0 saturated heterocycles. The Morgan fingerprint density at radius 2 is 2.54 bits per heavy atom. The number of nitrogens with one attached hydrogen (secondary N) is 1. The third kappa shape index (κ3) is 2.21. The summed E-state index contributed by atoms with van der Waals surface area (Å²) < 4.78 is 4.76. The fourth-order valence-corrected chi connectivity index (χ4v) is 1.18. The van der Waals surface area contributed by atoms with Gasteiger partial charge in [-0.25, -0.2) is 9.79 Å². The molecule has 4 nitrogen and oxygen atoms in total. The minimum absolute atomic E-state index is 0.285. The van der Waals surface area contributed by atoms with Crippen LogP contribution in [0.15, 0.2) is 16.8 Å².